The molecular weight excluding hydrogens is 215 g/mol. The molecule has 0 aromatic heterocycles. The summed E-state index contributed by atoms with van der Waals surface area (Å²) in [6.07, 6.45) is -0.221. The van der Waals surface area contributed by atoms with Crippen LogP contribution in [-0.2, 0) is 19.1 Å². The molecule has 0 radical (unpaired) electrons. The van der Waals surface area contributed by atoms with Crippen LogP contribution in [0.1, 0.15) is 39.5 Å². The second kappa shape index (κ2) is 9.12. The van der Waals surface area contributed by atoms with Gasteiger partial charge in [-0.1, -0.05) is 0 Å². The summed E-state index contributed by atoms with van der Waals surface area (Å²) in [6.45, 7) is 3.90. The highest BCUT2D eigenvalue weighted by atomic mass is 19.1. The number of carbonyl (C=O) groups excluding carboxylic acids is 2. The summed E-state index contributed by atoms with van der Waals surface area (Å²) in [5, 5.41) is 0. The minimum atomic E-state index is -1.58. The van der Waals surface area contributed by atoms with E-state index in [0.717, 1.165) is 0 Å². The Bertz CT molecular complexity index is 218. The first-order valence-electron chi connectivity index (χ1n) is 5.58. The molecule has 5 heteroatoms. The van der Waals surface area contributed by atoms with E-state index >= 15 is 0 Å². The molecule has 0 heterocycles. The third-order valence-electron chi connectivity index (χ3n) is 1.94. The Kier molecular flexibility index (Phi) is 8.48. The summed E-state index contributed by atoms with van der Waals surface area (Å²) < 4.78 is 22.3. The van der Waals surface area contributed by atoms with Crippen molar-refractivity contribution in [2.45, 2.75) is 45.7 Å². The van der Waals surface area contributed by atoms with Crippen molar-refractivity contribution in [1.29, 1.82) is 0 Å². The van der Waals surface area contributed by atoms with E-state index in [1.54, 1.807) is 13.8 Å². The summed E-state index contributed by atoms with van der Waals surface area (Å²) in [4.78, 5) is 21.8. The van der Waals surface area contributed by atoms with Gasteiger partial charge in [-0.25, -0.2) is 9.18 Å². The zero-order valence-electron chi connectivity index (χ0n) is 9.83. The molecular formula is C11H19FO4. The summed E-state index contributed by atoms with van der Waals surface area (Å²) in [6, 6.07) is 0. The van der Waals surface area contributed by atoms with E-state index < -0.39 is 12.1 Å². The molecule has 0 rings (SSSR count). The Morgan fingerprint density at radius 2 is 1.75 bits per heavy atom. The van der Waals surface area contributed by atoms with Gasteiger partial charge < -0.3 is 9.47 Å². The van der Waals surface area contributed by atoms with Gasteiger partial charge in [0.05, 0.1) is 13.2 Å². The monoisotopic (exact) mass is 234 g/mol. The Morgan fingerprint density at radius 1 is 1.12 bits per heavy atom. The zero-order valence-corrected chi connectivity index (χ0v) is 9.83. The fraction of sp³-hybridized carbons (Fsp3) is 0.818. The molecule has 0 fully saturated rings. The summed E-state index contributed by atoms with van der Waals surface area (Å²) in [7, 11) is 0. The number of carbonyl (C=O) groups is 2. The third-order valence-corrected chi connectivity index (χ3v) is 1.94. The van der Waals surface area contributed by atoms with Crippen LogP contribution in [0.4, 0.5) is 4.39 Å². The number of esters is 2. The van der Waals surface area contributed by atoms with Crippen molar-refractivity contribution in [1.82, 2.24) is 0 Å². The number of halogens is 1. The van der Waals surface area contributed by atoms with Crippen molar-refractivity contribution in [3.8, 4) is 0 Å². The molecule has 0 bridgehead atoms. The molecule has 16 heavy (non-hydrogen) atoms. The van der Waals surface area contributed by atoms with Crippen molar-refractivity contribution >= 4 is 11.9 Å². The fourth-order valence-corrected chi connectivity index (χ4v) is 1.18. The highest BCUT2D eigenvalue weighted by Gasteiger charge is 2.17. The molecule has 0 N–H and O–H groups in total. The second-order valence-corrected chi connectivity index (χ2v) is 3.27. The molecule has 1 atom stereocenters. The van der Waals surface area contributed by atoms with Gasteiger partial charge in [0.25, 0.3) is 0 Å². The third kappa shape index (κ3) is 7.20. The molecule has 1 unspecified atom stereocenters. The number of ether oxygens (including phenoxy) is 2. The number of hydrogen-bond acceptors (Lipinski definition) is 4. The highest BCUT2D eigenvalue weighted by molar-refractivity contribution is 5.74. The number of rotatable bonds is 8. The lowest BCUT2D eigenvalue weighted by molar-refractivity contribution is -0.149. The molecule has 4 nitrogen and oxygen atoms in total. The predicted molar refractivity (Wildman–Crippen MR) is 56.6 cm³/mol. The smallest absolute Gasteiger partial charge is 0.340 e. The van der Waals surface area contributed by atoms with Crippen molar-refractivity contribution in [2.75, 3.05) is 13.2 Å². The molecule has 0 aliphatic carbocycles. The number of unbranched alkanes of at least 4 members (excludes halogenated alkanes) is 1. The van der Waals surface area contributed by atoms with Crippen LogP contribution >= 0.6 is 0 Å². The summed E-state index contributed by atoms with van der Waals surface area (Å²) in [5.41, 5.74) is 0. The summed E-state index contributed by atoms with van der Waals surface area (Å²) >= 11 is 0. The van der Waals surface area contributed by atoms with Gasteiger partial charge in [-0.3, -0.25) is 4.79 Å². The average molecular weight is 234 g/mol. The lowest BCUT2D eigenvalue weighted by atomic mass is 10.1. The molecule has 0 aromatic rings. The minimum absolute atomic E-state index is 0.0955. The maximum atomic E-state index is 13.1. The van der Waals surface area contributed by atoms with Crippen molar-refractivity contribution in [3.63, 3.8) is 0 Å². The molecule has 0 saturated carbocycles. The van der Waals surface area contributed by atoms with Gasteiger partial charge in [0, 0.05) is 6.42 Å². The summed E-state index contributed by atoms with van der Waals surface area (Å²) in [5.74, 6) is -1.10. The largest absolute Gasteiger partial charge is 0.466 e. The fourth-order valence-electron chi connectivity index (χ4n) is 1.18. The lowest BCUT2D eigenvalue weighted by Gasteiger charge is -2.06. The first kappa shape index (κ1) is 14.9. The van der Waals surface area contributed by atoms with E-state index in [-0.39, 0.29) is 25.4 Å². The highest BCUT2D eigenvalue weighted by Crippen LogP contribution is 2.09. The average Bonchev–Trinajstić information content (AvgIpc) is 2.24. The molecule has 0 amide bonds. The minimum Gasteiger partial charge on any atom is -0.466 e. The standard InChI is InChI=1S/C11H19FO4/c1-3-15-10(13)8-6-5-7-9(12)11(14)16-4-2/h9H,3-8H2,1-2H3. The Labute approximate surface area is 95.1 Å². The Balaban J connectivity index is 3.51. The SMILES string of the molecule is CCOC(=O)CCCCC(F)C(=O)OCC. The van der Waals surface area contributed by atoms with Crippen LogP contribution in [0.25, 0.3) is 0 Å². The van der Waals surface area contributed by atoms with Gasteiger partial charge >= 0.3 is 11.9 Å². The molecule has 0 aromatic carbocycles. The Morgan fingerprint density at radius 3 is 2.31 bits per heavy atom. The molecule has 0 saturated heterocycles. The maximum absolute atomic E-state index is 13.1. The van der Waals surface area contributed by atoms with Crippen molar-refractivity contribution < 1.29 is 23.5 Å². The van der Waals surface area contributed by atoms with E-state index in [2.05, 4.69) is 4.74 Å². The van der Waals surface area contributed by atoms with Gasteiger partial charge in [-0.2, -0.15) is 0 Å². The predicted octanol–water partition coefficient (Wildman–Crippen LogP) is 2.01. The van der Waals surface area contributed by atoms with Crippen LogP contribution in [0.5, 0.6) is 0 Å². The van der Waals surface area contributed by atoms with Gasteiger partial charge in [0.1, 0.15) is 0 Å². The molecule has 0 aliphatic heterocycles. The zero-order chi connectivity index (χ0) is 12.4. The van der Waals surface area contributed by atoms with E-state index in [0.29, 0.717) is 19.4 Å². The maximum Gasteiger partial charge on any atom is 0.340 e. The normalized spacial score (nSPS) is 11.9. The van der Waals surface area contributed by atoms with E-state index in [4.69, 9.17) is 4.74 Å². The van der Waals surface area contributed by atoms with Crippen LogP contribution in [0.3, 0.4) is 0 Å². The van der Waals surface area contributed by atoms with Gasteiger partial charge in [0.15, 0.2) is 6.17 Å². The quantitative estimate of drug-likeness (QED) is 0.476. The molecule has 0 spiro atoms. The van der Waals surface area contributed by atoms with Crippen LogP contribution in [-0.4, -0.2) is 31.3 Å². The van der Waals surface area contributed by atoms with Crippen LogP contribution in [0.2, 0.25) is 0 Å². The number of alkyl halides is 1. The molecule has 94 valence electrons. The van der Waals surface area contributed by atoms with Gasteiger partial charge in [-0.15, -0.1) is 0 Å². The first-order chi connectivity index (χ1) is 7.61. The van der Waals surface area contributed by atoms with E-state index in [9.17, 15) is 14.0 Å². The van der Waals surface area contributed by atoms with Crippen molar-refractivity contribution in [2.24, 2.45) is 0 Å². The van der Waals surface area contributed by atoms with E-state index in [1.165, 1.54) is 0 Å². The van der Waals surface area contributed by atoms with Gasteiger partial charge in [0.2, 0.25) is 0 Å². The van der Waals surface area contributed by atoms with Crippen LogP contribution < -0.4 is 0 Å². The van der Waals surface area contributed by atoms with Crippen LogP contribution in [0.15, 0.2) is 0 Å². The second-order valence-electron chi connectivity index (χ2n) is 3.27. The van der Waals surface area contributed by atoms with Gasteiger partial charge in [-0.05, 0) is 33.1 Å². The molecule has 0 aliphatic rings. The van der Waals surface area contributed by atoms with Crippen LogP contribution in [0, 0.1) is 0 Å². The first-order valence-corrected chi connectivity index (χ1v) is 5.58. The van der Waals surface area contributed by atoms with E-state index in [1.807, 2.05) is 0 Å². The Hall–Kier alpha value is -1.13. The number of hydrogen-bond donors (Lipinski definition) is 0. The topological polar surface area (TPSA) is 52.6 Å². The van der Waals surface area contributed by atoms with Crippen molar-refractivity contribution in [3.05, 3.63) is 0 Å². The lowest BCUT2D eigenvalue weighted by Crippen LogP contribution is -2.18.